The Morgan fingerprint density at radius 1 is 1.00 bits per heavy atom. The van der Waals surface area contributed by atoms with Crippen LogP contribution in [-0.4, -0.2) is 42.3 Å². The van der Waals surface area contributed by atoms with Crippen LogP contribution >= 0.6 is 0 Å². The quantitative estimate of drug-likeness (QED) is 0.634. The van der Waals surface area contributed by atoms with Gasteiger partial charge in [0.05, 0.1) is 0 Å². The predicted molar refractivity (Wildman–Crippen MR) is 95.7 cm³/mol. The molecule has 2 aromatic rings. The Kier molecular flexibility index (Phi) is 6.85. The first-order valence-corrected chi connectivity index (χ1v) is 7.84. The number of anilines is 3. The van der Waals surface area contributed by atoms with Gasteiger partial charge in [-0.05, 0) is 42.8 Å². The standard InChI is InChI=1S/C17H21N5O3/c1-12(23)19-13-4-6-14(7-5-13)20-17(24)15-8-9-16(22-21-15)18-10-3-11-25-2/h4-9H,3,10-11H2,1-2H3,(H,18,22)(H,19,23)(H,20,24). The largest absolute Gasteiger partial charge is 0.385 e. The third-order valence-corrected chi connectivity index (χ3v) is 3.19. The van der Waals surface area contributed by atoms with E-state index in [1.807, 2.05) is 0 Å². The van der Waals surface area contributed by atoms with Gasteiger partial charge in [-0.15, -0.1) is 10.2 Å². The summed E-state index contributed by atoms with van der Waals surface area (Å²) in [5.41, 5.74) is 1.48. The molecule has 0 saturated heterocycles. The van der Waals surface area contributed by atoms with Gasteiger partial charge in [0.25, 0.3) is 5.91 Å². The summed E-state index contributed by atoms with van der Waals surface area (Å²) in [6.07, 6.45) is 0.856. The molecule has 2 rings (SSSR count). The number of hydrogen-bond donors (Lipinski definition) is 3. The lowest BCUT2D eigenvalue weighted by atomic mass is 10.2. The molecule has 3 N–H and O–H groups in total. The van der Waals surface area contributed by atoms with Crippen LogP contribution in [0.1, 0.15) is 23.8 Å². The van der Waals surface area contributed by atoms with Crippen molar-refractivity contribution in [1.82, 2.24) is 10.2 Å². The van der Waals surface area contributed by atoms with Crippen LogP contribution in [-0.2, 0) is 9.53 Å². The highest BCUT2D eigenvalue weighted by molar-refractivity contribution is 6.03. The van der Waals surface area contributed by atoms with Gasteiger partial charge >= 0.3 is 0 Å². The van der Waals surface area contributed by atoms with E-state index in [-0.39, 0.29) is 17.5 Å². The lowest BCUT2D eigenvalue weighted by Gasteiger charge is -2.07. The number of ether oxygens (including phenoxy) is 1. The maximum absolute atomic E-state index is 12.2. The van der Waals surface area contributed by atoms with Gasteiger partial charge in [-0.1, -0.05) is 0 Å². The molecule has 1 aromatic heterocycles. The van der Waals surface area contributed by atoms with Crippen molar-refractivity contribution < 1.29 is 14.3 Å². The summed E-state index contributed by atoms with van der Waals surface area (Å²) in [5, 5.41) is 16.4. The minimum atomic E-state index is -0.356. The van der Waals surface area contributed by atoms with Crippen molar-refractivity contribution in [3.05, 3.63) is 42.1 Å². The molecule has 2 amide bonds. The van der Waals surface area contributed by atoms with Crippen LogP contribution in [0.2, 0.25) is 0 Å². The van der Waals surface area contributed by atoms with Crippen LogP contribution in [0.3, 0.4) is 0 Å². The molecular weight excluding hydrogens is 322 g/mol. The molecule has 25 heavy (non-hydrogen) atoms. The highest BCUT2D eigenvalue weighted by atomic mass is 16.5. The monoisotopic (exact) mass is 343 g/mol. The molecule has 0 fully saturated rings. The fourth-order valence-electron chi connectivity index (χ4n) is 2.02. The number of amides is 2. The van der Waals surface area contributed by atoms with Gasteiger partial charge in [-0.3, -0.25) is 9.59 Å². The lowest BCUT2D eigenvalue weighted by molar-refractivity contribution is -0.114. The Hall–Kier alpha value is -3.00. The minimum Gasteiger partial charge on any atom is -0.385 e. The number of carbonyl (C=O) groups is 2. The molecule has 0 aliphatic rings. The van der Waals surface area contributed by atoms with Gasteiger partial charge in [-0.25, -0.2) is 0 Å². The average Bonchev–Trinajstić information content (AvgIpc) is 2.60. The fourth-order valence-corrected chi connectivity index (χ4v) is 2.02. The van der Waals surface area contributed by atoms with Crippen molar-refractivity contribution in [3.63, 3.8) is 0 Å². The van der Waals surface area contributed by atoms with Crippen molar-refractivity contribution in [2.75, 3.05) is 36.2 Å². The fraction of sp³-hybridized carbons (Fsp3) is 0.294. The molecule has 0 saturated carbocycles. The zero-order valence-electron chi connectivity index (χ0n) is 14.2. The van der Waals surface area contributed by atoms with Gasteiger partial charge in [0.15, 0.2) is 5.69 Å². The molecule has 8 heteroatoms. The number of carbonyl (C=O) groups excluding carboxylic acids is 2. The molecule has 0 unspecified atom stereocenters. The summed E-state index contributed by atoms with van der Waals surface area (Å²) < 4.78 is 4.96. The molecule has 0 spiro atoms. The Bertz CT molecular complexity index is 701. The highest BCUT2D eigenvalue weighted by Gasteiger charge is 2.09. The van der Waals surface area contributed by atoms with Gasteiger partial charge in [0.2, 0.25) is 5.91 Å². The molecular formula is C17H21N5O3. The van der Waals surface area contributed by atoms with E-state index in [0.717, 1.165) is 6.42 Å². The van der Waals surface area contributed by atoms with Crippen LogP contribution in [0.25, 0.3) is 0 Å². The van der Waals surface area contributed by atoms with E-state index < -0.39 is 0 Å². The Labute approximate surface area is 146 Å². The van der Waals surface area contributed by atoms with Crippen LogP contribution in [0.15, 0.2) is 36.4 Å². The number of hydrogen-bond acceptors (Lipinski definition) is 6. The second kappa shape index (κ2) is 9.33. The number of benzene rings is 1. The van der Waals surface area contributed by atoms with Crippen LogP contribution in [0.5, 0.6) is 0 Å². The van der Waals surface area contributed by atoms with Crippen molar-refractivity contribution >= 4 is 29.0 Å². The van der Waals surface area contributed by atoms with Crippen LogP contribution in [0, 0.1) is 0 Å². The molecule has 0 radical (unpaired) electrons. The SMILES string of the molecule is COCCCNc1ccc(C(=O)Nc2ccc(NC(C)=O)cc2)nn1. The first-order valence-electron chi connectivity index (χ1n) is 7.84. The zero-order valence-corrected chi connectivity index (χ0v) is 14.2. The molecule has 0 bridgehead atoms. The lowest BCUT2D eigenvalue weighted by Crippen LogP contribution is -2.15. The summed E-state index contributed by atoms with van der Waals surface area (Å²) in [6, 6.07) is 10.1. The molecule has 0 atom stereocenters. The average molecular weight is 343 g/mol. The highest BCUT2D eigenvalue weighted by Crippen LogP contribution is 2.14. The second-order valence-electron chi connectivity index (χ2n) is 5.29. The van der Waals surface area contributed by atoms with Gasteiger partial charge in [0, 0.05) is 38.6 Å². The normalized spacial score (nSPS) is 10.2. The number of nitrogens with one attached hydrogen (secondary N) is 3. The first-order chi connectivity index (χ1) is 12.1. The Morgan fingerprint density at radius 2 is 1.68 bits per heavy atom. The third-order valence-electron chi connectivity index (χ3n) is 3.19. The van der Waals surface area contributed by atoms with E-state index in [1.165, 1.54) is 6.92 Å². The summed E-state index contributed by atoms with van der Waals surface area (Å²) in [6.45, 7) is 2.82. The molecule has 0 aliphatic heterocycles. The second-order valence-corrected chi connectivity index (χ2v) is 5.29. The number of rotatable bonds is 8. The van der Waals surface area contributed by atoms with E-state index in [4.69, 9.17) is 4.74 Å². The predicted octanol–water partition coefficient (Wildman–Crippen LogP) is 2.14. The van der Waals surface area contributed by atoms with Gasteiger partial charge in [0.1, 0.15) is 5.82 Å². The van der Waals surface area contributed by atoms with Crippen molar-refractivity contribution in [2.24, 2.45) is 0 Å². The number of methoxy groups -OCH3 is 1. The summed E-state index contributed by atoms with van der Waals surface area (Å²) in [5.74, 6) is 0.0982. The molecule has 8 nitrogen and oxygen atoms in total. The first kappa shape index (κ1) is 18.3. The van der Waals surface area contributed by atoms with Crippen molar-refractivity contribution in [1.29, 1.82) is 0 Å². The number of aromatic nitrogens is 2. The van der Waals surface area contributed by atoms with Crippen molar-refractivity contribution in [2.45, 2.75) is 13.3 Å². The summed E-state index contributed by atoms with van der Waals surface area (Å²) >= 11 is 0. The number of nitrogens with zero attached hydrogens (tertiary/aromatic N) is 2. The van der Waals surface area contributed by atoms with Crippen LogP contribution in [0.4, 0.5) is 17.2 Å². The van der Waals surface area contributed by atoms with E-state index >= 15 is 0 Å². The molecule has 132 valence electrons. The molecule has 0 aliphatic carbocycles. The third kappa shape index (κ3) is 6.19. The smallest absolute Gasteiger partial charge is 0.276 e. The van der Waals surface area contributed by atoms with E-state index in [2.05, 4.69) is 26.1 Å². The molecule has 1 aromatic carbocycles. The zero-order chi connectivity index (χ0) is 18.1. The summed E-state index contributed by atoms with van der Waals surface area (Å²) in [7, 11) is 1.65. The van der Waals surface area contributed by atoms with Crippen LogP contribution < -0.4 is 16.0 Å². The van der Waals surface area contributed by atoms with Gasteiger partial charge in [-0.2, -0.15) is 0 Å². The maximum Gasteiger partial charge on any atom is 0.276 e. The van der Waals surface area contributed by atoms with E-state index in [0.29, 0.717) is 30.3 Å². The maximum atomic E-state index is 12.2. The Balaban J connectivity index is 1.88. The topological polar surface area (TPSA) is 105 Å². The summed E-state index contributed by atoms with van der Waals surface area (Å²) in [4.78, 5) is 23.1. The van der Waals surface area contributed by atoms with Crippen molar-refractivity contribution in [3.8, 4) is 0 Å². The molecule has 1 heterocycles. The Morgan fingerprint density at radius 3 is 2.24 bits per heavy atom. The minimum absolute atomic E-state index is 0.150. The van der Waals surface area contributed by atoms with Gasteiger partial charge < -0.3 is 20.7 Å². The van der Waals surface area contributed by atoms with E-state index in [9.17, 15) is 9.59 Å². The van der Waals surface area contributed by atoms with E-state index in [1.54, 1.807) is 43.5 Å².